The van der Waals surface area contributed by atoms with E-state index in [9.17, 15) is 4.79 Å². The van der Waals surface area contributed by atoms with Crippen molar-refractivity contribution >= 4 is 5.91 Å². The second-order valence-electron chi connectivity index (χ2n) is 5.62. The molecule has 2 rings (SSSR count). The van der Waals surface area contributed by atoms with Crippen LogP contribution in [0.5, 0.6) is 0 Å². The first-order valence-electron chi connectivity index (χ1n) is 6.46. The predicted molar refractivity (Wildman–Crippen MR) is 61.4 cm³/mol. The molecule has 2 nitrogen and oxygen atoms in total. The third-order valence-electron chi connectivity index (χ3n) is 4.39. The Morgan fingerprint density at radius 3 is 2.73 bits per heavy atom. The normalized spacial score (nSPS) is 37.0. The summed E-state index contributed by atoms with van der Waals surface area (Å²) >= 11 is 0. The predicted octanol–water partition coefficient (Wildman–Crippen LogP) is 2.58. The van der Waals surface area contributed by atoms with Gasteiger partial charge >= 0.3 is 0 Å². The molecule has 0 aromatic carbocycles. The van der Waals surface area contributed by atoms with Gasteiger partial charge in [0.15, 0.2) is 0 Å². The van der Waals surface area contributed by atoms with Crippen LogP contribution in [0.25, 0.3) is 0 Å². The molecule has 1 aliphatic heterocycles. The Hall–Kier alpha value is -0.530. The van der Waals surface area contributed by atoms with E-state index in [0.29, 0.717) is 17.7 Å². The first kappa shape index (κ1) is 11.0. The second kappa shape index (κ2) is 4.54. The van der Waals surface area contributed by atoms with Gasteiger partial charge in [-0.25, -0.2) is 0 Å². The lowest BCUT2D eigenvalue weighted by Gasteiger charge is -2.27. The number of carbonyl (C=O) groups is 1. The van der Waals surface area contributed by atoms with Gasteiger partial charge in [-0.1, -0.05) is 26.7 Å². The van der Waals surface area contributed by atoms with Crippen LogP contribution in [0.1, 0.15) is 46.0 Å². The Morgan fingerprint density at radius 2 is 2.00 bits per heavy atom. The van der Waals surface area contributed by atoms with Crippen molar-refractivity contribution in [3.63, 3.8) is 0 Å². The summed E-state index contributed by atoms with van der Waals surface area (Å²) in [5.74, 6) is 3.01. The Balaban J connectivity index is 1.95. The summed E-state index contributed by atoms with van der Waals surface area (Å²) in [5, 5.41) is 3.02. The Labute approximate surface area is 92.8 Å². The number of fused-ring (bicyclic) bond motifs is 1. The summed E-state index contributed by atoms with van der Waals surface area (Å²) in [6.45, 7) is 5.61. The van der Waals surface area contributed by atoms with Crippen LogP contribution < -0.4 is 5.32 Å². The number of nitrogens with one attached hydrogen (secondary N) is 1. The van der Waals surface area contributed by atoms with E-state index in [-0.39, 0.29) is 0 Å². The molecule has 0 radical (unpaired) electrons. The molecule has 3 unspecified atom stereocenters. The number of rotatable bonds is 1. The molecule has 0 aromatic rings. The van der Waals surface area contributed by atoms with Crippen molar-refractivity contribution in [1.29, 1.82) is 0 Å². The monoisotopic (exact) mass is 209 g/mol. The molecule has 2 heteroatoms. The van der Waals surface area contributed by atoms with Crippen LogP contribution in [0.3, 0.4) is 0 Å². The Morgan fingerprint density at radius 1 is 1.20 bits per heavy atom. The lowest BCUT2D eigenvalue weighted by atomic mass is 9.77. The zero-order valence-electron chi connectivity index (χ0n) is 9.96. The number of hydrogen-bond acceptors (Lipinski definition) is 1. The van der Waals surface area contributed by atoms with Crippen molar-refractivity contribution in [3.05, 3.63) is 0 Å². The van der Waals surface area contributed by atoms with E-state index in [1.165, 1.54) is 25.7 Å². The number of hydrogen-bond donors (Lipinski definition) is 1. The van der Waals surface area contributed by atoms with Gasteiger partial charge in [0.2, 0.25) is 5.91 Å². The van der Waals surface area contributed by atoms with Crippen molar-refractivity contribution in [2.24, 2.45) is 23.7 Å². The van der Waals surface area contributed by atoms with Crippen molar-refractivity contribution in [1.82, 2.24) is 5.32 Å². The molecular weight excluding hydrogens is 186 g/mol. The van der Waals surface area contributed by atoms with Gasteiger partial charge in [0.1, 0.15) is 0 Å². The minimum atomic E-state index is 0.322. The molecule has 0 spiro atoms. The standard InChI is InChI=1S/C13H23NO/c1-9(2)10-4-3-5-12-11(7-6-10)8-14-13(12)15/h9-12H,3-8H2,1-2H3,(H,14,15). The highest BCUT2D eigenvalue weighted by atomic mass is 16.2. The van der Waals surface area contributed by atoms with Crippen LogP contribution >= 0.6 is 0 Å². The molecule has 1 amide bonds. The van der Waals surface area contributed by atoms with E-state index in [2.05, 4.69) is 19.2 Å². The average molecular weight is 209 g/mol. The zero-order chi connectivity index (χ0) is 10.8. The fourth-order valence-corrected chi connectivity index (χ4v) is 3.23. The van der Waals surface area contributed by atoms with Gasteiger partial charge in [-0.05, 0) is 37.0 Å². The third kappa shape index (κ3) is 2.35. The Kier molecular flexibility index (Phi) is 3.32. The highest BCUT2D eigenvalue weighted by Gasteiger charge is 2.35. The number of amides is 1. The van der Waals surface area contributed by atoms with Crippen molar-refractivity contribution < 1.29 is 4.79 Å². The highest BCUT2D eigenvalue weighted by Crippen LogP contribution is 2.35. The summed E-state index contributed by atoms with van der Waals surface area (Å²) in [6.07, 6.45) is 6.28. The summed E-state index contributed by atoms with van der Waals surface area (Å²) in [7, 11) is 0. The maximum Gasteiger partial charge on any atom is 0.223 e. The van der Waals surface area contributed by atoms with Crippen molar-refractivity contribution in [2.75, 3.05) is 6.54 Å². The molecule has 0 aromatic heterocycles. The maximum absolute atomic E-state index is 11.6. The molecule has 1 N–H and O–H groups in total. The third-order valence-corrected chi connectivity index (χ3v) is 4.39. The van der Waals surface area contributed by atoms with Gasteiger partial charge in [0.25, 0.3) is 0 Å². The topological polar surface area (TPSA) is 29.1 Å². The van der Waals surface area contributed by atoms with Crippen molar-refractivity contribution in [3.8, 4) is 0 Å². The summed E-state index contributed by atoms with van der Waals surface area (Å²) in [6, 6.07) is 0. The summed E-state index contributed by atoms with van der Waals surface area (Å²) in [4.78, 5) is 11.6. The van der Waals surface area contributed by atoms with E-state index in [1.807, 2.05) is 0 Å². The Bertz CT molecular complexity index is 237. The molecule has 15 heavy (non-hydrogen) atoms. The molecule has 0 bridgehead atoms. The van der Waals surface area contributed by atoms with Gasteiger partial charge < -0.3 is 5.32 Å². The number of carbonyl (C=O) groups excluding carboxylic acids is 1. The second-order valence-corrected chi connectivity index (χ2v) is 5.62. The van der Waals surface area contributed by atoms with E-state index in [0.717, 1.165) is 24.8 Å². The first-order valence-corrected chi connectivity index (χ1v) is 6.46. The maximum atomic E-state index is 11.6. The van der Waals surface area contributed by atoms with Crippen LogP contribution in [0.4, 0.5) is 0 Å². The molecule has 3 atom stereocenters. The van der Waals surface area contributed by atoms with E-state index < -0.39 is 0 Å². The summed E-state index contributed by atoms with van der Waals surface area (Å²) in [5.41, 5.74) is 0. The van der Waals surface area contributed by atoms with E-state index in [4.69, 9.17) is 0 Å². The van der Waals surface area contributed by atoms with Crippen LogP contribution in [0, 0.1) is 23.7 Å². The van der Waals surface area contributed by atoms with Gasteiger partial charge in [-0.3, -0.25) is 4.79 Å². The first-order chi connectivity index (χ1) is 7.18. The molecule has 2 fully saturated rings. The van der Waals surface area contributed by atoms with Crippen molar-refractivity contribution in [2.45, 2.75) is 46.0 Å². The van der Waals surface area contributed by atoms with Crippen LogP contribution in [0.15, 0.2) is 0 Å². The quantitative estimate of drug-likeness (QED) is 0.706. The van der Waals surface area contributed by atoms with Gasteiger partial charge in [0, 0.05) is 12.5 Å². The van der Waals surface area contributed by atoms with Crippen LogP contribution in [-0.2, 0) is 4.79 Å². The smallest absolute Gasteiger partial charge is 0.223 e. The molecule has 1 saturated heterocycles. The molecular formula is C13H23NO. The minimum absolute atomic E-state index is 0.322. The average Bonchev–Trinajstić information content (AvgIpc) is 2.46. The zero-order valence-corrected chi connectivity index (χ0v) is 9.96. The van der Waals surface area contributed by atoms with Gasteiger partial charge in [-0.2, -0.15) is 0 Å². The largest absolute Gasteiger partial charge is 0.356 e. The van der Waals surface area contributed by atoms with Gasteiger partial charge in [-0.15, -0.1) is 0 Å². The lowest BCUT2D eigenvalue weighted by Crippen LogP contribution is -2.22. The highest BCUT2D eigenvalue weighted by molar-refractivity contribution is 5.81. The summed E-state index contributed by atoms with van der Waals surface area (Å²) < 4.78 is 0. The van der Waals surface area contributed by atoms with Gasteiger partial charge in [0.05, 0.1) is 0 Å². The van der Waals surface area contributed by atoms with E-state index >= 15 is 0 Å². The lowest BCUT2D eigenvalue weighted by molar-refractivity contribution is -0.123. The van der Waals surface area contributed by atoms with E-state index in [1.54, 1.807) is 0 Å². The van der Waals surface area contributed by atoms with Crippen LogP contribution in [-0.4, -0.2) is 12.5 Å². The molecule has 1 saturated carbocycles. The SMILES string of the molecule is CC(C)C1CCCC2C(=O)NCC2CC1. The molecule has 2 aliphatic rings. The minimum Gasteiger partial charge on any atom is -0.356 e. The molecule has 1 aliphatic carbocycles. The molecule has 1 heterocycles. The fraction of sp³-hybridized carbons (Fsp3) is 0.923. The fourth-order valence-electron chi connectivity index (χ4n) is 3.23. The molecule has 86 valence electrons. The van der Waals surface area contributed by atoms with Crippen LogP contribution in [0.2, 0.25) is 0 Å².